The van der Waals surface area contributed by atoms with Gasteiger partial charge in [0.05, 0.1) is 5.69 Å². The number of hydrogen-bond donors (Lipinski definition) is 1. The van der Waals surface area contributed by atoms with Gasteiger partial charge in [0, 0.05) is 18.9 Å². The first kappa shape index (κ1) is 13.7. The fraction of sp³-hybridized carbons (Fsp3) is 0.692. The number of aromatic amines is 1. The lowest BCUT2D eigenvalue weighted by Crippen LogP contribution is -2.27. The molecule has 0 unspecified atom stereocenters. The second kappa shape index (κ2) is 5.97. The molecular formula is C13H20BrN3O. The number of halogens is 1. The van der Waals surface area contributed by atoms with Gasteiger partial charge in [-0.15, -0.1) is 0 Å². The molecule has 0 atom stereocenters. The first-order chi connectivity index (χ1) is 8.65. The maximum atomic E-state index is 11.8. The van der Waals surface area contributed by atoms with Crippen LogP contribution >= 0.6 is 15.9 Å². The molecule has 100 valence electrons. The molecule has 0 spiro atoms. The summed E-state index contributed by atoms with van der Waals surface area (Å²) >= 11 is 3.35. The van der Waals surface area contributed by atoms with Crippen LogP contribution in [0.3, 0.4) is 0 Å². The number of nitrogens with zero attached hydrogens (tertiary/aromatic N) is 2. The molecule has 1 N–H and O–H groups in total. The first-order valence-electron chi connectivity index (χ1n) is 6.66. The van der Waals surface area contributed by atoms with E-state index in [1.54, 1.807) is 0 Å². The van der Waals surface area contributed by atoms with E-state index < -0.39 is 0 Å². The SMILES string of the molecule is CCN(CC)CCc1nc(C2CC2)c(Br)c(=O)[nH]1. The minimum atomic E-state index is -0.0403. The van der Waals surface area contributed by atoms with Crippen LogP contribution in [0.1, 0.15) is 44.1 Å². The number of rotatable bonds is 6. The molecule has 1 fully saturated rings. The Labute approximate surface area is 116 Å². The van der Waals surface area contributed by atoms with Gasteiger partial charge in [0.25, 0.3) is 5.56 Å². The highest BCUT2D eigenvalue weighted by atomic mass is 79.9. The van der Waals surface area contributed by atoms with E-state index in [1.807, 2.05) is 0 Å². The number of likely N-dealkylation sites (N-methyl/N-ethyl adjacent to an activating group) is 1. The molecule has 5 heteroatoms. The van der Waals surface area contributed by atoms with E-state index in [0.717, 1.165) is 50.4 Å². The molecule has 18 heavy (non-hydrogen) atoms. The molecule has 1 aliphatic rings. The summed E-state index contributed by atoms with van der Waals surface area (Å²) in [6.07, 6.45) is 3.12. The molecule has 0 amide bonds. The van der Waals surface area contributed by atoms with Crippen molar-refractivity contribution in [3.63, 3.8) is 0 Å². The summed E-state index contributed by atoms with van der Waals surface area (Å²) in [5.74, 6) is 1.31. The summed E-state index contributed by atoms with van der Waals surface area (Å²) in [6.45, 7) is 7.31. The van der Waals surface area contributed by atoms with Crippen LogP contribution in [-0.4, -0.2) is 34.5 Å². The van der Waals surface area contributed by atoms with E-state index in [1.165, 1.54) is 0 Å². The zero-order valence-electron chi connectivity index (χ0n) is 11.0. The van der Waals surface area contributed by atoms with E-state index in [-0.39, 0.29) is 5.56 Å². The Balaban J connectivity index is 2.11. The lowest BCUT2D eigenvalue weighted by atomic mass is 10.2. The van der Waals surface area contributed by atoms with E-state index in [0.29, 0.717) is 10.4 Å². The zero-order valence-corrected chi connectivity index (χ0v) is 12.6. The van der Waals surface area contributed by atoms with Crippen molar-refractivity contribution in [2.45, 2.75) is 39.0 Å². The molecule has 4 nitrogen and oxygen atoms in total. The normalized spacial score (nSPS) is 15.3. The number of nitrogens with one attached hydrogen (secondary N) is 1. The van der Waals surface area contributed by atoms with Crippen LogP contribution in [0.15, 0.2) is 9.27 Å². The van der Waals surface area contributed by atoms with Crippen molar-refractivity contribution in [1.82, 2.24) is 14.9 Å². The van der Waals surface area contributed by atoms with Crippen LogP contribution in [0, 0.1) is 0 Å². The smallest absolute Gasteiger partial charge is 0.265 e. The Bertz CT molecular complexity index is 464. The van der Waals surface area contributed by atoms with Crippen molar-refractivity contribution < 1.29 is 0 Å². The van der Waals surface area contributed by atoms with Crippen LogP contribution in [0.25, 0.3) is 0 Å². The lowest BCUT2D eigenvalue weighted by molar-refractivity contribution is 0.305. The fourth-order valence-corrected chi connectivity index (χ4v) is 2.59. The van der Waals surface area contributed by atoms with Gasteiger partial charge in [0.15, 0.2) is 0 Å². The molecule has 1 saturated carbocycles. The van der Waals surface area contributed by atoms with Gasteiger partial charge in [0.1, 0.15) is 10.3 Å². The standard InChI is InChI=1S/C13H20BrN3O/c1-3-17(4-2)8-7-10-15-12(9-5-6-9)11(14)13(18)16-10/h9H,3-8H2,1-2H3,(H,15,16,18). The molecule has 1 heterocycles. The van der Waals surface area contributed by atoms with Gasteiger partial charge in [-0.1, -0.05) is 13.8 Å². The monoisotopic (exact) mass is 313 g/mol. The lowest BCUT2D eigenvalue weighted by Gasteiger charge is -2.17. The Kier molecular flexibility index (Phi) is 4.56. The fourth-order valence-electron chi connectivity index (χ4n) is 2.07. The minimum Gasteiger partial charge on any atom is -0.310 e. The summed E-state index contributed by atoms with van der Waals surface area (Å²) in [7, 11) is 0. The number of hydrogen-bond acceptors (Lipinski definition) is 3. The maximum Gasteiger partial charge on any atom is 0.265 e. The van der Waals surface area contributed by atoms with Crippen LogP contribution < -0.4 is 5.56 Å². The molecule has 1 aromatic heterocycles. The highest BCUT2D eigenvalue weighted by Gasteiger charge is 2.28. The van der Waals surface area contributed by atoms with Gasteiger partial charge < -0.3 is 9.88 Å². The van der Waals surface area contributed by atoms with Gasteiger partial charge in [-0.3, -0.25) is 4.79 Å². The van der Waals surface area contributed by atoms with Gasteiger partial charge in [0.2, 0.25) is 0 Å². The van der Waals surface area contributed by atoms with E-state index in [4.69, 9.17) is 0 Å². The topological polar surface area (TPSA) is 49.0 Å². The molecule has 0 aromatic carbocycles. The Hall–Kier alpha value is -0.680. The Morgan fingerprint density at radius 3 is 2.61 bits per heavy atom. The average molecular weight is 314 g/mol. The molecule has 1 aliphatic carbocycles. The predicted octanol–water partition coefficient (Wildman–Crippen LogP) is 2.29. The summed E-state index contributed by atoms with van der Waals surface area (Å²) in [6, 6.07) is 0. The molecule has 2 rings (SSSR count). The summed E-state index contributed by atoms with van der Waals surface area (Å²) < 4.78 is 0.622. The van der Waals surface area contributed by atoms with Crippen LogP contribution in [0.5, 0.6) is 0 Å². The van der Waals surface area contributed by atoms with Crippen molar-refractivity contribution >= 4 is 15.9 Å². The summed E-state index contributed by atoms with van der Waals surface area (Å²) in [5.41, 5.74) is 0.912. The second-order valence-corrected chi connectivity index (χ2v) is 5.56. The highest BCUT2D eigenvalue weighted by Crippen LogP contribution is 2.41. The van der Waals surface area contributed by atoms with Crippen molar-refractivity contribution in [2.24, 2.45) is 0 Å². The van der Waals surface area contributed by atoms with E-state index >= 15 is 0 Å². The first-order valence-corrected chi connectivity index (χ1v) is 7.45. The minimum absolute atomic E-state index is 0.0403. The zero-order chi connectivity index (χ0) is 13.1. The number of H-pyrrole nitrogens is 1. The van der Waals surface area contributed by atoms with Gasteiger partial charge in [-0.2, -0.15) is 0 Å². The third-order valence-corrected chi connectivity index (χ3v) is 4.23. The molecule has 0 saturated heterocycles. The molecule has 0 radical (unpaired) electrons. The van der Waals surface area contributed by atoms with Crippen molar-refractivity contribution in [1.29, 1.82) is 0 Å². The Morgan fingerprint density at radius 1 is 1.39 bits per heavy atom. The van der Waals surface area contributed by atoms with E-state index in [9.17, 15) is 4.79 Å². The summed E-state index contributed by atoms with van der Waals surface area (Å²) in [5, 5.41) is 0. The third kappa shape index (κ3) is 3.20. The largest absolute Gasteiger partial charge is 0.310 e. The quantitative estimate of drug-likeness (QED) is 0.876. The van der Waals surface area contributed by atoms with E-state index in [2.05, 4.69) is 44.6 Å². The van der Waals surface area contributed by atoms with Gasteiger partial charge in [-0.05, 0) is 41.9 Å². The highest BCUT2D eigenvalue weighted by molar-refractivity contribution is 9.10. The summed E-state index contributed by atoms with van der Waals surface area (Å²) in [4.78, 5) is 21.6. The third-order valence-electron chi connectivity index (χ3n) is 3.46. The van der Waals surface area contributed by atoms with Crippen LogP contribution in [-0.2, 0) is 6.42 Å². The molecular weight excluding hydrogens is 294 g/mol. The van der Waals surface area contributed by atoms with Crippen molar-refractivity contribution in [3.05, 3.63) is 26.3 Å². The molecule has 0 bridgehead atoms. The molecule has 0 aliphatic heterocycles. The second-order valence-electron chi connectivity index (χ2n) is 4.76. The van der Waals surface area contributed by atoms with Gasteiger partial charge in [-0.25, -0.2) is 4.98 Å². The number of aromatic nitrogens is 2. The van der Waals surface area contributed by atoms with Crippen LogP contribution in [0.2, 0.25) is 0 Å². The van der Waals surface area contributed by atoms with Crippen molar-refractivity contribution in [3.8, 4) is 0 Å². The maximum absolute atomic E-state index is 11.8. The average Bonchev–Trinajstić information content (AvgIpc) is 3.18. The van der Waals surface area contributed by atoms with Crippen LogP contribution in [0.4, 0.5) is 0 Å². The molecule has 1 aromatic rings. The Morgan fingerprint density at radius 2 is 2.06 bits per heavy atom. The van der Waals surface area contributed by atoms with Gasteiger partial charge >= 0.3 is 0 Å². The predicted molar refractivity (Wildman–Crippen MR) is 76.0 cm³/mol. The van der Waals surface area contributed by atoms with Crippen molar-refractivity contribution in [2.75, 3.05) is 19.6 Å².